The summed E-state index contributed by atoms with van der Waals surface area (Å²) in [6, 6.07) is 0. The summed E-state index contributed by atoms with van der Waals surface area (Å²) < 4.78 is 0. The van der Waals surface area contributed by atoms with Gasteiger partial charge in [-0.1, -0.05) is 194 Å². The molecule has 248 valence electrons. The van der Waals surface area contributed by atoms with Crippen molar-refractivity contribution in [2.45, 2.75) is 219 Å². The number of unbranched alkanes of at least 4 members (excludes halogenated alkanes) is 28. The maximum absolute atomic E-state index is 10.2. The summed E-state index contributed by atoms with van der Waals surface area (Å²) in [6.07, 6.45) is 39.7. The van der Waals surface area contributed by atoms with E-state index in [1.807, 2.05) is 0 Å². The maximum Gasteiger partial charge on any atom is 2.00 e. The largest absolute Gasteiger partial charge is 2.00 e. The van der Waals surface area contributed by atoms with Crippen LogP contribution >= 0.6 is 0 Å². The van der Waals surface area contributed by atoms with Crippen molar-refractivity contribution in [3.8, 4) is 0 Å². The molecule has 0 bridgehead atoms. The Kier molecular flexibility index (Phi) is 53.8. The minimum atomic E-state index is -0.903. The molecule has 0 spiro atoms. The maximum atomic E-state index is 10.2. The molecule has 0 aliphatic heterocycles. The predicted octanol–water partition coefficient (Wildman–Crippen LogP) is 8.16. The molecule has 0 amide bonds. The van der Waals surface area contributed by atoms with E-state index in [1.165, 1.54) is 167 Å². The van der Waals surface area contributed by atoms with Crippen LogP contribution in [0.15, 0.2) is 0 Å². The number of carboxylic acids is 2. The normalized spacial score (nSPS) is 10.3. The van der Waals surface area contributed by atoms with E-state index >= 15 is 0 Å². The number of rotatable bonds is 32. The molecule has 0 unspecified atom stereocenters. The van der Waals surface area contributed by atoms with E-state index in [2.05, 4.69) is 13.8 Å². The van der Waals surface area contributed by atoms with Crippen LogP contribution in [0.2, 0.25) is 0 Å². The van der Waals surface area contributed by atoms with Crippen LogP contribution < -0.4 is 10.2 Å². The molecule has 0 aliphatic carbocycles. The summed E-state index contributed by atoms with van der Waals surface area (Å²) in [4.78, 5) is 20.4. The van der Waals surface area contributed by atoms with Gasteiger partial charge in [0.05, 0.1) is 0 Å². The molecule has 0 radical (unpaired) electrons. The van der Waals surface area contributed by atoms with Gasteiger partial charge in [-0.15, -0.1) is 0 Å². The van der Waals surface area contributed by atoms with Crippen LogP contribution in [0, 0.1) is 0 Å². The molecule has 0 atom stereocenters. The molecule has 4 nitrogen and oxygen atoms in total. The first-order valence-corrected chi connectivity index (χ1v) is 17.9. The van der Waals surface area contributed by atoms with Crippen LogP contribution in [0.1, 0.15) is 219 Å². The van der Waals surface area contributed by atoms with Crippen molar-refractivity contribution in [1.82, 2.24) is 0 Å². The summed E-state index contributed by atoms with van der Waals surface area (Å²) in [5, 5.41) is 20.4. The Hall–Kier alpha value is 0.417. The molecule has 42 heavy (non-hydrogen) atoms. The zero-order valence-electron chi connectivity index (χ0n) is 28.0. The molecule has 0 aromatic heterocycles. The smallest absolute Gasteiger partial charge is 0.550 e. The molecular weight excluding hydrogens is 565 g/mol. The fraction of sp³-hybridized carbons (Fsp3) is 0.944. The fourth-order valence-corrected chi connectivity index (χ4v) is 5.28. The summed E-state index contributed by atoms with van der Waals surface area (Å²) in [5.41, 5.74) is 0. The van der Waals surface area contributed by atoms with E-state index in [-0.39, 0.29) is 61.5 Å². The van der Waals surface area contributed by atoms with E-state index in [0.717, 1.165) is 25.7 Å². The van der Waals surface area contributed by atoms with Crippen molar-refractivity contribution >= 4 is 60.6 Å². The van der Waals surface area contributed by atoms with Crippen molar-refractivity contribution < 1.29 is 19.8 Å². The molecule has 0 saturated heterocycles. The Morgan fingerprint density at radius 3 is 0.619 bits per heavy atom. The van der Waals surface area contributed by atoms with Gasteiger partial charge in [-0.05, 0) is 36.6 Å². The number of carbonyl (C=O) groups is 2. The molecule has 6 heteroatoms. The van der Waals surface area contributed by atoms with E-state index in [9.17, 15) is 19.8 Å². The second kappa shape index (κ2) is 45.8. The Morgan fingerprint density at radius 1 is 0.333 bits per heavy atom. The zero-order valence-corrected chi connectivity index (χ0v) is 30.2. The molecule has 0 heterocycles. The van der Waals surface area contributed by atoms with Gasteiger partial charge in [0.15, 0.2) is 0 Å². The summed E-state index contributed by atoms with van der Waals surface area (Å²) >= 11 is 0. The molecular formula is C36H74CaO4Si. The number of carboxylic acid groups (broad SMARTS) is 2. The van der Waals surface area contributed by atoms with Crippen LogP contribution in [0.4, 0.5) is 0 Å². The van der Waals surface area contributed by atoms with Crippen molar-refractivity contribution in [2.75, 3.05) is 0 Å². The molecule has 0 aromatic carbocycles. The molecule has 0 aliphatic rings. The average Bonchev–Trinajstić information content (AvgIpc) is 2.93. The van der Waals surface area contributed by atoms with Gasteiger partial charge in [0, 0.05) is 11.9 Å². The van der Waals surface area contributed by atoms with Gasteiger partial charge in [0.2, 0.25) is 0 Å². The Morgan fingerprint density at radius 2 is 0.476 bits per heavy atom. The Bertz CT molecular complexity index is 461. The summed E-state index contributed by atoms with van der Waals surface area (Å²) in [6.45, 7) is 4.53. The first kappa shape index (κ1) is 49.3. The van der Waals surface area contributed by atoms with Crippen LogP contribution in [-0.2, 0) is 9.59 Å². The molecule has 0 rings (SSSR count). The molecule has 0 aromatic rings. The van der Waals surface area contributed by atoms with Crippen LogP contribution in [0.3, 0.4) is 0 Å². The molecule has 0 fully saturated rings. The second-order valence-corrected chi connectivity index (χ2v) is 12.1. The molecule has 0 saturated carbocycles. The summed E-state index contributed by atoms with van der Waals surface area (Å²) in [7, 11) is 0. The standard InChI is InChI=1S/2C18H36O2.Ca.H4Si/c2*1-2-3-4-5-6-7-8-9-10-11-12-13-14-15-16-17-18(19)20;;/h2*2-17H2,1H3,(H,19,20);;1H4/q;;+2;/p-2. The minimum Gasteiger partial charge on any atom is -0.550 e. The number of aliphatic carboxylic acids is 2. The molecule has 0 N–H and O–H groups in total. The van der Waals surface area contributed by atoms with E-state index in [4.69, 9.17) is 0 Å². The Labute approximate surface area is 297 Å². The predicted molar refractivity (Wildman–Crippen MR) is 186 cm³/mol. The third-order valence-electron chi connectivity index (χ3n) is 7.97. The fourth-order valence-electron chi connectivity index (χ4n) is 5.28. The van der Waals surface area contributed by atoms with Crippen molar-refractivity contribution in [1.29, 1.82) is 0 Å². The van der Waals surface area contributed by atoms with Gasteiger partial charge in [-0.2, -0.15) is 0 Å². The van der Waals surface area contributed by atoms with Crippen LogP contribution in [0.25, 0.3) is 0 Å². The van der Waals surface area contributed by atoms with Crippen LogP contribution in [-0.4, -0.2) is 60.6 Å². The monoisotopic (exact) mass is 638 g/mol. The first-order chi connectivity index (χ1) is 19.5. The van der Waals surface area contributed by atoms with Crippen LogP contribution in [0.5, 0.6) is 0 Å². The van der Waals surface area contributed by atoms with Gasteiger partial charge in [-0.3, -0.25) is 0 Å². The summed E-state index contributed by atoms with van der Waals surface area (Å²) in [5.74, 6) is -1.81. The number of carbonyl (C=O) groups excluding carboxylic acids is 2. The van der Waals surface area contributed by atoms with Gasteiger partial charge in [0.25, 0.3) is 0 Å². The number of hydrogen-bond donors (Lipinski definition) is 0. The third kappa shape index (κ3) is 53.0. The second-order valence-electron chi connectivity index (χ2n) is 12.1. The first-order valence-electron chi connectivity index (χ1n) is 17.9. The number of hydrogen-bond acceptors (Lipinski definition) is 4. The average molecular weight is 639 g/mol. The van der Waals surface area contributed by atoms with Crippen molar-refractivity contribution in [3.05, 3.63) is 0 Å². The van der Waals surface area contributed by atoms with Gasteiger partial charge >= 0.3 is 37.7 Å². The van der Waals surface area contributed by atoms with Gasteiger partial charge < -0.3 is 19.8 Å². The van der Waals surface area contributed by atoms with Crippen molar-refractivity contribution in [2.24, 2.45) is 0 Å². The van der Waals surface area contributed by atoms with Gasteiger partial charge in [0.1, 0.15) is 0 Å². The van der Waals surface area contributed by atoms with E-state index in [0.29, 0.717) is 0 Å². The topological polar surface area (TPSA) is 80.3 Å². The third-order valence-corrected chi connectivity index (χ3v) is 7.97. The van der Waals surface area contributed by atoms with Gasteiger partial charge in [-0.25, -0.2) is 0 Å². The zero-order chi connectivity index (χ0) is 29.8. The Balaban J connectivity index is -0.000000328. The SMILES string of the molecule is CCCCCCCCCCCCCCCCCC(=O)[O-].CCCCCCCCCCCCCCCCCC(=O)[O-].[Ca+2].[SiH4]. The quantitative estimate of drug-likeness (QED) is 0.0550. The minimum absolute atomic E-state index is 0. The van der Waals surface area contributed by atoms with E-state index in [1.54, 1.807) is 0 Å². The van der Waals surface area contributed by atoms with E-state index < -0.39 is 11.9 Å². The van der Waals surface area contributed by atoms with Crippen molar-refractivity contribution in [3.63, 3.8) is 0 Å².